The number of phenols is 1. The molecule has 3 aliphatic carbocycles. The van der Waals surface area contributed by atoms with Crippen LogP contribution in [0.5, 0.6) is 5.75 Å². The summed E-state index contributed by atoms with van der Waals surface area (Å²) in [5, 5.41) is 24.1. The Hall–Kier alpha value is -2.43. The molecule has 158 valence electrons. The van der Waals surface area contributed by atoms with Crippen LogP contribution in [0, 0.1) is 5.92 Å². The summed E-state index contributed by atoms with van der Waals surface area (Å²) in [4.78, 5) is 7.65. The second kappa shape index (κ2) is 6.08. The van der Waals surface area contributed by atoms with Gasteiger partial charge in [0.15, 0.2) is 0 Å². The molecule has 1 aromatic heterocycles. The fourth-order valence-electron chi connectivity index (χ4n) is 6.95. The maximum atomic E-state index is 12.6. The third-order valence-electron chi connectivity index (χ3n) is 8.68. The molecule has 2 aromatic carbocycles. The minimum Gasteiger partial charge on any atom is -0.508 e. The molecule has 4 nitrogen and oxygen atoms in total. The van der Waals surface area contributed by atoms with Gasteiger partial charge >= 0.3 is 0 Å². The Morgan fingerprint density at radius 3 is 2.77 bits per heavy atom. The van der Waals surface area contributed by atoms with Gasteiger partial charge in [-0.2, -0.15) is 0 Å². The van der Waals surface area contributed by atoms with E-state index in [1.807, 2.05) is 18.2 Å². The van der Waals surface area contributed by atoms with Crippen LogP contribution in [0.3, 0.4) is 0 Å². The molecule has 4 aliphatic rings. The van der Waals surface area contributed by atoms with E-state index in [2.05, 4.69) is 35.2 Å². The lowest BCUT2D eigenvalue weighted by Crippen LogP contribution is -2.74. The molecule has 0 radical (unpaired) electrons. The summed E-state index contributed by atoms with van der Waals surface area (Å²) in [7, 11) is 0. The predicted molar refractivity (Wildman–Crippen MR) is 120 cm³/mol. The van der Waals surface area contributed by atoms with Crippen molar-refractivity contribution >= 4 is 10.9 Å². The van der Waals surface area contributed by atoms with Crippen LogP contribution in [0.25, 0.3) is 10.9 Å². The van der Waals surface area contributed by atoms with E-state index in [4.69, 9.17) is 4.98 Å². The van der Waals surface area contributed by atoms with Gasteiger partial charge in [0.1, 0.15) is 5.75 Å². The number of aromatic hydroxyl groups is 1. The van der Waals surface area contributed by atoms with Crippen molar-refractivity contribution in [3.8, 4) is 5.75 Å². The van der Waals surface area contributed by atoms with E-state index in [9.17, 15) is 10.2 Å². The molecule has 1 unspecified atom stereocenters. The fourth-order valence-corrected chi connectivity index (χ4v) is 6.95. The smallest absolute Gasteiger partial charge is 0.115 e. The van der Waals surface area contributed by atoms with Crippen LogP contribution in [0.1, 0.15) is 41.6 Å². The molecule has 3 aromatic rings. The molecule has 2 heterocycles. The average molecular weight is 413 g/mol. The van der Waals surface area contributed by atoms with Crippen LogP contribution in [0.15, 0.2) is 48.5 Å². The summed E-state index contributed by atoms with van der Waals surface area (Å²) < 4.78 is 0. The molecule has 2 N–H and O–H groups in total. The zero-order valence-corrected chi connectivity index (χ0v) is 17.7. The first-order valence-corrected chi connectivity index (χ1v) is 11.7. The fraction of sp³-hybridized carbons (Fsp3) is 0.444. The maximum Gasteiger partial charge on any atom is 0.115 e. The summed E-state index contributed by atoms with van der Waals surface area (Å²) in [6, 6.07) is 16.5. The van der Waals surface area contributed by atoms with E-state index >= 15 is 0 Å². The van der Waals surface area contributed by atoms with Crippen LogP contribution in [0.4, 0.5) is 0 Å². The lowest BCUT2D eigenvalue weighted by molar-refractivity contribution is -0.152. The number of hydrogen-bond donors (Lipinski definition) is 2. The Labute approximate surface area is 182 Å². The van der Waals surface area contributed by atoms with Crippen molar-refractivity contribution in [2.24, 2.45) is 5.92 Å². The van der Waals surface area contributed by atoms with E-state index in [-0.39, 0.29) is 11.5 Å². The van der Waals surface area contributed by atoms with E-state index in [1.54, 1.807) is 0 Å². The highest BCUT2D eigenvalue weighted by Crippen LogP contribution is 2.57. The Balaban J connectivity index is 1.44. The summed E-state index contributed by atoms with van der Waals surface area (Å²) >= 11 is 0. The van der Waals surface area contributed by atoms with Crippen LogP contribution < -0.4 is 0 Å². The Bertz CT molecular complexity index is 1220. The normalized spacial score (nSPS) is 31.7. The van der Waals surface area contributed by atoms with Gasteiger partial charge in [0.05, 0.1) is 11.1 Å². The monoisotopic (exact) mass is 412 g/mol. The number of nitrogens with zero attached hydrogens (tertiary/aromatic N) is 2. The van der Waals surface area contributed by atoms with Gasteiger partial charge in [0.25, 0.3) is 0 Å². The molecule has 1 aliphatic heterocycles. The van der Waals surface area contributed by atoms with Crippen LogP contribution >= 0.6 is 0 Å². The van der Waals surface area contributed by atoms with Gasteiger partial charge < -0.3 is 10.2 Å². The number of fused-ring (bicyclic) bond motifs is 3. The van der Waals surface area contributed by atoms with Gasteiger partial charge in [-0.3, -0.25) is 9.88 Å². The van der Waals surface area contributed by atoms with Crippen LogP contribution in [-0.4, -0.2) is 44.8 Å². The average Bonchev–Trinajstić information content (AvgIpc) is 3.57. The number of benzene rings is 2. The number of aromatic nitrogens is 1. The third-order valence-corrected chi connectivity index (χ3v) is 8.68. The highest BCUT2D eigenvalue weighted by Gasteiger charge is 2.64. The molecule has 1 saturated heterocycles. The number of aliphatic hydroxyl groups is 1. The predicted octanol–water partition coefficient (Wildman–Crippen LogP) is 3.75. The van der Waals surface area contributed by atoms with Gasteiger partial charge in [-0.1, -0.05) is 24.3 Å². The number of hydrogen-bond acceptors (Lipinski definition) is 4. The van der Waals surface area contributed by atoms with E-state index in [0.29, 0.717) is 12.2 Å². The van der Waals surface area contributed by atoms with Crippen molar-refractivity contribution in [2.45, 2.75) is 55.6 Å². The van der Waals surface area contributed by atoms with E-state index in [1.165, 1.54) is 24.0 Å². The highest BCUT2D eigenvalue weighted by atomic mass is 16.3. The number of piperidine rings is 1. The first-order chi connectivity index (χ1) is 15.1. The minimum absolute atomic E-state index is 0.124. The highest BCUT2D eigenvalue weighted by molar-refractivity contribution is 5.79. The molecule has 4 heteroatoms. The molecule has 31 heavy (non-hydrogen) atoms. The second-order valence-electron chi connectivity index (χ2n) is 10.4. The summed E-state index contributed by atoms with van der Waals surface area (Å²) in [5.41, 5.74) is 4.56. The van der Waals surface area contributed by atoms with Crippen molar-refractivity contribution in [3.05, 3.63) is 70.9 Å². The van der Waals surface area contributed by atoms with Crippen LogP contribution in [-0.2, 0) is 24.7 Å². The number of para-hydroxylation sites is 1. The number of likely N-dealkylation sites (tertiary alicyclic amines) is 1. The molecule has 0 spiro atoms. The molecule has 7 rings (SSSR count). The standard InChI is InChI=1S/C27H28N2O2/c30-21-8-7-18-12-25-27(31)14-20-11-19-3-1-2-4-23(19)28-24(20)15-26(27,22(18)13-21)9-10-29(25)16-17-5-6-17/h1-4,7-8,11,13,17,25,30-31H,5-6,9-10,12,14-16H2/t25?,26-,27-/m1/s1. The number of pyridine rings is 1. The molecule has 2 fully saturated rings. The summed E-state index contributed by atoms with van der Waals surface area (Å²) in [6.45, 7) is 2.13. The second-order valence-corrected chi connectivity index (χ2v) is 10.4. The summed E-state index contributed by atoms with van der Waals surface area (Å²) in [6.07, 6.45) is 5.81. The Morgan fingerprint density at radius 1 is 1.03 bits per heavy atom. The van der Waals surface area contributed by atoms with Gasteiger partial charge in [0.2, 0.25) is 0 Å². The quantitative estimate of drug-likeness (QED) is 0.673. The van der Waals surface area contributed by atoms with Crippen LogP contribution in [0.2, 0.25) is 0 Å². The third kappa shape index (κ3) is 2.46. The van der Waals surface area contributed by atoms with Crippen molar-refractivity contribution in [1.82, 2.24) is 9.88 Å². The molecular weight excluding hydrogens is 384 g/mol. The number of phenolic OH excluding ortho intramolecular Hbond substituents is 1. The zero-order valence-electron chi connectivity index (χ0n) is 17.7. The zero-order chi connectivity index (χ0) is 20.8. The van der Waals surface area contributed by atoms with E-state index in [0.717, 1.165) is 60.4 Å². The van der Waals surface area contributed by atoms with E-state index < -0.39 is 5.60 Å². The Kier molecular flexibility index (Phi) is 3.57. The SMILES string of the molecule is Oc1ccc2c(c1)[C@]13CCN(CC4CC4)C(C2)[C@]1(O)Cc1cc2ccccc2nc1C3. The first-order valence-electron chi connectivity index (χ1n) is 11.7. The minimum atomic E-state index is -0.835. The number of rotatable bonds is 2. The molecular formula is C27H28N2O2. The Morgan fingerprint density at radius 2 is 1.90 bits per heavy atom. The van der Waals surface area contributed by atoms with Gasteiger partial charge in [0, 0.05) is 41.9 Å². The van der Waals surface area contributed by atoms with Crippen molar-refractivity contribution in [2.75, 3.05) is 13.1 Å². The van der Waals surface area contributed by atoms with Gasteiger partial charge in [-0.15, -0.1) is 0 Å². The van der Waals surface area contributed by atoms with Crippen molar-refractivity contribution < 1.29 is 10.2 Å². The van der Waals surface area contributed by atoms with Crippen molar-refractivity contribution in [3.63, 3.8) is 0 Å². The maximum absolute atomic E-state index is 12.6. The lowest BCUT2D eigenvalue weighted by atomic mass is 9.49. The largest absolute Gasteiger partial charge is 0.508 e. The molecule has 0 amide bonds. The first kappa shape index (κ1) is 18.2. The van der Waals surface area contributed by atoms with Crippen molar-refractivity contribution in [1.29, 1.82) is 0 Å². The topological polar surface area (TPSA) is 56.6 Å². The summed E-state index contributed by atoms with van der Waals surface area (Å²) in [5.74, 6) is 1.10. The van der Waals surface area contributed by atoms with Gasteiger partial charge in [-0.05, 0) is 79.1 Å². The lowest BCUT2D eigenvalue weighted by Gasteiger charge is -2.63. The van der Waals surface area contributed by atoms with Gasteiger partial charge in [-0.25, -0.2) is 0 Å². The molecule has 1 saturated carbocycles. The molecule has 3 atom stereocenters. The molecule has 2 bridgehead atoms.